The first-order chi connectivity index (χ1) is 14.7. The largest absolute Gasteiger partial charge is 0.465 e. The van der Waals surface area contributed by atoms with Gasteiger partial charge in [-0.2, -0.15) is 0 Å². The topological polar surface area (TPSA) is 79.6 Å². The monoisotopic (exact) mass is 440 g/mol. The van der Waals surface area contributed by atoms with E-state index in [-0.39, 0.29) is 4.90 Å². The van der Waals surface area contributed by atoms with Crippen molar-refractivity contribution in [2.75, 3.05) is 19.3 Å². The molecule has 0 atom stereocenters. The highest BCUT2D eigenvalue weighted by Gasteiger charge is 2.18. The number of rotatable bonds is 8. The quantitative estimate of drug-likeness (QED) is 0.546. The third kappa shape index (κ3) is 5.17. The Kier molecular flexibility index (Phi) is 6.85. The van der Waals surface area contributed by atoms with Crippen LogP contribution in [0.5, 0.6) is 0 Å². The summed E-state index contributed by atoms with van der Waals surface area (Å²) in [6, 6.07) is 18.9. The third-order valence-electron chi connectivity index (χ3n) is 5.36. The summed E-state index contributed by atoms with van der Waals surface area (Å²) in [7, 11) is -3.27. The van der Waals surface area contributed by atoms with Gasteiger partial charge in [0.25, 0.3) is 0 Å². The summed E-state index contributed by atoms with van der Waals surface area (Å²) in [5, 5.41) is 9.43. The van der Waals surface area contributed by atoms with E-state index in [1.54, 1.807) is 12.1 Å². The molecule has 0 saturated carbocycles. The highest BCUT2D eigenvalue weighted by atomic mass is 32.2. The summed E-state index contributed by atoms with van der Waals surface area (Å²) in [5.74, 6) is 0. The van der Waals surface area contributed by atoms with Crippen molar-refractivity contribution in [3.8, 4) is 16.9 Å². The van der Waals surface area contributed by atoms with Gasteiger partial charge < -0.3 is 14.6 Å². The molecular weight excluding hydrogens is 412 g/mol. The Morgan fingerprint density at radius 1 is 1.03 bits per heavy atom. The fraction of sp³-hybridized carbons (Fsp3) is 0.292. The minimum Gasteiger partial charge on any atom is -0.465 e. The molecule has 0 aliphatic carbocycles. The van der Waals surface area contributed by atoms with Gasteiger partial charge in [0, 0.05) is 30.7 Å². The minimum atomic E-state index is -3.27. The van der Waals surface area contributed by atoms with Gasteiger partial charge in [-0.25, -0.2) is 13.2 Å². The number of para-hydroxylation sites is 1. The molecule has 1 heterocycles. The number of hydrogen-bond donors (Lipinski definition) is 1. The van der Waals surface area contributed by atoms with E-state index in [2.05, 4.69) is 10.6 Å². The Morgan fingerprint density at radius 2 is 1.68 bits per heavy atom. The van der Waals surface area contributed by atoms with Crippen LogP contribution in [0.25, 0.3) is 16.9 Å². The van der Waals surface area contributed by atoms with Crippen molar-refractivity contribution >= 4 is 15.9 Å². The number of benzene rings is 2. The van der Waals surface area contributed by atoms with E-state index < -0.39 is 15.9 Å². The van der Waals surface area contributed by atoms with Crippen molar-refractivity contribution in [2.24, 2.45) is 0 Å². The van der Waals surface area contributed by atoms with Gasteiger partial charge in [-0.1, -0.05) is 37.3 Å². The predicted molar refractivity (Wildman–Crippen MR) is 123 cm³/mol. The molecular formula is C24H28N2O4S. The summed E-state index contributed by atoms with van der Waals surface area (Å²) in [4.78, 5) is 13.2. The first kappa shape index (κ1) is 22.6. The van der Waals surface area contributed by atoms with Crippen LogP contribution >= 0.6 is 0 Å². The maximum absolute atomic E-state index is 11.8. The number of carbonyl (C=O) groups is 1. The van der Waals surface area contributed by atoms with Crippen molar-refractivity contribution in [2.45, 2.75) is 31.6 Å². The van der Waals surface area contributed by atoms with Crippen molar-refractivity contribution in [1.29, 1.82) is 0 Å². The molecule has 3 rings (SSSR count). The van der Waals surface area contributed by atoms with E-state index in [9.17, 15) is 18.3 Å². The lowest BCUT2D eigenvalue weighted by Gasteiger charge is -2.18. The molecule has 3 aromatic rings. The van der Waals surface area contributed by atoms with Crippen molar-refractivity contribution in [3.05, 3.63) is 71.9 Å². The Labute approximate surface area is 183 Å². The van der Waals surface area contributed by atoms with Gasteiger partial charge in [0.2, 0.25) is 0 Å². The third-order valence-corrected chi connectivity index (χ3v) is 6.49. The second-order valence-electron chi connectivity index (χ2n) is 7.63. The highest BCUT2D eigenvalue weighted by molar-refractivity contribution is 7.90. The molecule has 0 fully saturated rings. The molecule has 164 valence electrons. The lowest BCUT2D eigenvalue weighted by Crippen LogP contribution is -2.32. The van der Waals surface area contributed by atoms with Crippen LogP contribution in [0.2, 0.25) is 0 Å². The van der Waals surface area contributed by atoms with Crippen LogP contribution in [0.4, 0.5) is 4.79 Å². The van der Waals surface area contributed by atoms with Gasteiger partial charge >= 0.3 is 6.09 Å². The fourth-order valence-electron chi connectivity index (χ4n) is 3.73. The molecule has 2 aromatic carbocycles. The average molecular weight is 441 g/mol. The molecule has 0 spiro atoms. The molecule has 1 N–H and O–H groups in total. The first-order valence-corrected chi connectivity index (χ1v) is 12.2. The summed E-state index contributed by atoms with van der Waals surface area (Å²) < 4.78 is 25.8. The highest BCUT2D eigenvalue weighted by Crippen LogP contribution is 2.30. The van der Waals surface area contributed by atoms with E-state index in [0.717, 1.165) is 34.6 Å². The molecule has 1 amide bonds. The van der Waals surface area contributed by atoms with Crippen LogP contribution < -0.4 is 0 Å². The van der Waals surface area contributed by atoms with E-state index >= 15 is 0 Å². The van der Waals surface area contributed by atoms with Crippen molar-refractivity contribution in [1.82, 2.24) is 9.47 Å². The SMILES string of the molecule is CCCN(CCc1cc(-c2ccc(S(C)(=O)=O)cc2)n(-c2ccccc2)c1C)C(=O)O. The Balaban J connectivity index is 2.04. The van der Waals surface area contributed by atoms with Gasteiger partial charge in [-0.05, 0) is 61.2 Å². The summed E-state index contributed by atoms with van der Waals surface area (Å²) >= 11 is 0. The van der Waals surface area contributed by atoms with Gasteiger partial charge in [-0.15, -0.1) is 0 Å². The standard InChI is InChI=1S/C24H28N2O4S/c1-4-15-25(24(27)28)16-14-20-17-23(19-10-12-22(13-11-19)31(3,29)30)26(18(20)2)21-8-6-5-7-9-21/h5-13,17H,4,14-16H2,1-3H3,(H,27,28). The van der Waals surface area contributed by atoms with E-state index in [0.29, 0.717) is 19.5 Å². The molecule has 0 bridgehead atoms. The molecule has 6 nitrogen and oxygen atoms in total. The molecule has 31 heavy (non-hydrogen) atoms. The Bertz CT molecular complexity index is 1150. The molecule has 0 saturated heterocycles. The predicted octanol–water partition coefficient (Wildman–Crippen LogP) is 4.79. The molecule has 0 aliphatic rings. The lowest BCUT2D eigenvalue weighted by atomic mass is 10.1. The first-order valence-electron chi connectivity index (χ1n) is 10.3. The number of sulfone groups is 1. The number of amides is 1. The van der Waals surface area contributed by atoms with E-state index in [4.69, 9.17) is 0 Å². The zero-order valence-electron chi connectivity index (χ0n) is 18.1. The smallest absolute Gasteiger partial charge is 0.407 e. The van der Waals surface area contributed by atoms with Crippen LogP contribution in [-0.4, -0.2) is 48.4 Å². The van der Waals surface area contributed by atoms with Crippen molar-refractivity contribution < 1.29 is 18.3 Å². The lowest BCUT2D eigenvalue weighted by molar-refractivity contribution is 0.145. The second kappa shape index (κ2) is 9.39. The van der Waals surface area contributed by atoms with Gasteiger partial charge in [0.15, 0.2) is 9.84 Å². The molecule has 0 radical (unpaired) electrons. The van der Waals surface area contributed by atoms with Gasteiger partial charge in [0.1, 0.15) is 0 Å². The fourth-order valence-corrected chi connectivity index (χ4v) is 4.37. The van der Waals surface area contributed by atoms with Gasteiger partial charge in [-0.3, -0.25) is 0 Å². The maximum atomic E-state index is 11.8. The zero-order chi connectivity index (χ0) is 22.6. The zero-order valence-corrected chi connectivity index (χ0v) is 18.9. The number of hydrogen-bond acceptors (Lipinski definition) is 3. The molecule has 0 aliphatic heterocycles. The van der Waals surface area contributed by atoms with Gasteiger partial charge in [0.05, 0.1) is 10.6 Å². The van der Waals surface area contributed by atoms with E-state index in [1.165, 1.54) is 11.2 Å². The summed E-state index contributed by atoms with van der Waals surface area (Å²) in [6.45, 7) is 4.93. The van der Waals surface area contributed by atoms with Crippen molar-refractivity contribution in [3.63, 3.8) is 0 Å². The Morgan fingerprint density at radius 3 is 2.23 bits per heavy atom. The Hall–Kier alpha value is -3.06. The van der Waals surface area contributed by atoms with Crippen LogP contribution in [0.1, 0.15) is 24.6 Å². The van der Waals surface area contributed by atoms with E-state index in [1.807, 2.05) is 56.3 Å². The van der Waals surface area contributed by atoms with Crippen LogP contribution in [0.15, 0.2) is 65.6 Å². The molecule has 0 unspecified atom stereocenters. The maximum Gasteiger partial charge on any atom is 0.407 e. The molecule has 7 heteroatoms. The minimum absolute atomic E-state index is 0.280. The number of carboxylic acid groups (broad SMARTS) is 1. The second-order valence-corrected chi connectivity index (χ2v) is 9.64. The van der Waals surface area contributed by atoms with Crippen LogP contribution in [-0.2, 0) is 16.3 Å². The normalized spacial score (nSPS) is 11.5. The molecule has 1 aromatic heterocycles. The number of nitrogens with zero attached hydrogens (tertiary/aromatic N) is 2. The summed E-state index contributed by atoms with van der Waals surface area (Å²) in [5.41, 5.74) is 4.94. The van der Waals surface area contributed by atoms with Crippen LogP contribution in [0, 0.1) is 6.92 Å². The number of aromatic nitrogens is 1. The average Bonchev–Trinajstić information content (AvgIpc) is 3.07. The van der Waals surface area contributed by atoms with Crippen LogP contribution in [0.3, 0.4) is 0 Å². The summed E-state index contributed by atoms with van der Waals surface area (Å²) in [6.07, 6.45) is 1.67.